The summed E-state index contributed by atoms with van der Waals surface area (Å²) in [7, 11) is 0. The minimum absolute atomic E-state index is 0.182. The van der Waals surface area contributed by atoms with Crippen molar-refractivity contribution in [1.29, 1.82) is 0 Å². The summed E-state index contributed by atoms with van der Waals surface area (Å²) in [5.41, 5.74) is 1.12. The molecular formula is C12H16O3. The predicted octanol–water partition coefficient (Wildman–Crippen LogP) is 1.70. The predicted molar refractivity (Wildman–Crippen MR) is 56.2 cm³/mol. The summed E-state index contributed by atoms with van der Waals surface area (Å²) in [6, 6.07) is 9.95. The highest BCUT2D eigenvalue weighted by Crippen LogP contribution is 2.16. The van der Waals surface area contributed by atoms with Gasteiger partial charge < -0.3 is 14.6 Å². The first-order valence-electron chi connectivity index (χ1n) is 5.31. The van der Waals surface area contributed by atoms with Crippen molar-refractivity contribution in [2.24, 2.45) is 0 Å². The van der Waals surface area contributed by atoms with Gasteiger partial charge in [0.1, 0.15) is 6.10 Å². The maximum atomic E-state index is 9.50. The van der Waals surface area contributed by atoms with Gasteiger partial charge in [-0.25, -0.2) is 0 Å². The number of benzene rings is 1. The summed E-state index contributed by atoms with van der Waals surface area (Å²) in [6.45, 7) is 1.16. The van der Waals surface area contributed by atoms with Crippen molar-refractivity contribution in [2.45, 2.75) is 31.8 Å². The van der Waals surface area contributed by atoms with E-state index in [9.17, 15) is 5.11 Å². The lowest BCUT2D eigenvalue weighted by Gasteiger charge is -2.27. The molecule has 0 spiro atoms. The van der Waals surface area contributed by atoms with E-state index in [1.165, 1.54) is 0 Å². The third-order valence-corrected chi connectivity index (χ3v) is 2.55. The second-order valence-corrected chi connectivity index (χ2v) is 3.74. The van der Waals surface area contributed by atoms with Crippen LogP contribution in [0.15, 0.2) is 30.3 Å². The SMILES string of the molecule is O[C@@H]1OCCC[C@@H]1OCc1ccccc1. The minimum atomic E-state index is -0.762. The Morgan fingerprint density at radius 2 is 2.13 bits per heavy atom. The van der Waals surface area contributed by atoms with Gasteiger partial charge in [0.25, 0.3) is 0 Å². The van der Waals surface area contributed by atoms with Gasteiger partial charge in [0.2, 0.25) is 0 Å². The van der Waals surface area contributed by atoms with Gasteiger partial charge in [0.15, 0.2) is 6.29 Å². The van der Waals surface area contributed by atoms with Crippen LogP contribution in [0.3, 0.4) is 0 Å². The number of aliphatic hydroxyl groups excluding tert-OH is 1. The lowest BCUT2D eigenvalue weighted by molar-refractivity contribution is -0.205. The first-order valence-corrected chi connectivity index (χ1v) is 5.31. The van der Waals surface area contributed by atoms with Crippen LogP contribution >= 0.6 is 0 Å². The van der Waals surface area contributed by atoms with Gasteiger partial charge in [-0.2, -0.15) is 0 Å². The molecule has 1 fully saturated rings. The second-order valence-electron chi connectivity index (χ2n) is 3.74. The monoisotopic (exact) mass is 208 g/mol. The fourth-order valence-corrected chi connectivity index (χ4v) is 1.68. The van der Waals surface area contributed by atoms with Crippen LogP contribution in [0.2, 0.25) is 0 Å². The molecule has 0 amide bonds. The molecule has 3 heteroatoms. The molecule has 0 aliphatic carbocycles. The Balaban J connectivity index is 1.82. The summed E-state index contributed by atoms with van der Waals surface area (Å²) in [5, 5.41) is 9.50. The van der Waals surface area contributed by atoms with Crippen molar-refractivity contribution in [2.75, 3.05) is 6.61 Å². The third-order valence-electron chi connectivity index (χ3n) is 2.55. The van der Waals surface area contributed by atoms with Crippen LogP contribution in [0.25, 0.3) is 0 Å². The molecule has 1 saturated heterocycles. The van der Waals surface area contributed by atoms with Gasteiger partial charge >= 0.3 is 0 Å². The summed E-state index contributed by atoms with van der Waals surface area (Å²) in [6.07, 6.45) is 0.881. The van der Waals surface area contributed by atoms with Crippen LogP contribution in [0.5, 0.6) is 0 Å². The Hall–Kier alpha value is -0.900. The molecule has 2 atom stereocenters. The summed E-state index contributed by atoms with van der Waals surface area (Å²) < 4.78 is 10.7. The molecule has 0 saturated carbocycles. The van der Waals surface area contributed by atoms with E-state index in [0.29, 0.717) is 13.2 Å². The van der Waals surface area contributed by atoms with E-state index < -0.39 is 6.29 Å². The van der Waals surface area contributed by atoms with Crippen molar-refractivity contribution < 1.29 is 14.6 Å². The van der Waals surface area contributed by atoms with E-state index in [-0.39, 0.29) is 6.10 Å². The molecule has 0 aromatic heterocycles. The molecule has 0 unspecified atom stereocenters. The zero-order valence-corrected chi connectivity index (χ0v) is 8.63. The standard InChI is InChI=1S/C12H16O3/c13-12-11(7-4-8-14-12)15-9-10-5-2-1-3-6-10/h1-3,5-6,11-13H,4,7-9H2/t11-,12+/m0/s1. The molecule has 1 N–H and O–H groups in total. The number of hydrogen-bond acceptors (Lipinski definition) is 3. The van der Waals surface area contributed by atoms with Gasteiger partial charge in [-0.05, 0) is 18.4 Å². The highest BCUT2D eigenvalue weighted by Gasteiger charge is 2.24. The summed E-state index contributed by atoms with van der Waals surface area (Å²) in [5.74, 6) is 0. The van der Waals surface area contributed by atoms with Gasteiger partial charge in [-0.15, -0.1) is 0 Å². The lowest BCUT2D eigenvalue weighted by Crippen LogP contribution is -2.35. The normalized spacial score (nSPS) is 26.5. The van der Waals surface area contributed by atoms with Crippen molar-refractivity contribution in [1.82, 2.24) is 0 Å². The number of hydrogen-bond donors (Lipinski definition) is 1. The first-order chi connectivity index (χ1) is 7.36. The maximum absolute atomic E-state index is 9.50. The smallest absolute Gasteiger partial charge is 0.181 e. The molecule has 3 nitrogen and oxygen atoms in total. The number of aliphatic hydroxyl groups is 1. The molecule has 1 aromatic carbocycles. The van der Waals surface area contributed by atoms with E-state index >= 15 is 0 Å². The van der Waals surface area contributed by atoms with Crippen molar-refractivity contribution in [3.8, 4) is 0 Å². The fraction of sp³-hybridized carbons (Fsp3) is 0.500. The van der Waals surface area contributed by atoms with Crippen molar-refractivity contribution in [3.05, 3.63) is 35.9 Å². The lowest BCUT2D eigenvalue weighted by atomic mass is 10.1. The van der Waals surface area contributed by atoms with Crippen LogP contribution in [0.1, 0.15) is 18.4 Å². The molecule has 0 radical (unpaired) electrons. The van der Waals surface area contributed by atoms with Crippen LogP contribution in [0.4, 0.5) is 0 Å². The Labute approximate surface area is 89.6 Å². The van der Waals surface area contributed by atoms with E-state index in [1.54, 1.807) is 0 Å². The Morgan fingerprint density at radius 1 is 1.33 bits per heavy atom. The molecule has 1 aliphatic rings. The van der Waals surface area contributed by atoms with E-state index in [0.717, 1.165) is 18.4 Å². The second kappa shape index (κ2) is 5.26. The molecular weight excluding hydrogens is 192 g/mol. The van der Waals surface area contributed by atoms with Crippen LogP contribution < -0.4 is 0 Å². The van der Waals surface area contributed by atoms with Crippen molar-refractivity contribution >= 4 is 0 Å². The summed E-state index contributed by atoms with van der Waals surface area (Å²) >= 11 is 0. The van der Waals surface area contributed by atoms with E-state index in [4.69, 9.17) is 9.47 Å². The molecule has 1 aromatic rings. The molecule has 82 valence electrons. The third kappa shape index (κ3) is 3.02. The van der Waals surface area contributed by atoms with Gasteiger partial charge in [-0.1, -0.05) is 30.3 Å². The van der Waals surface area contributed by atoms with E-state index in [2.05, 4.69) is 0 Å². The zero-order valence-electron chi connectivity index (χ0n) is 8.63. The van der Waals surface area contributed by atoms with Crippen LogP contribution in [-0.4, -0.2) is 24.1 Å². The van der Waals surface area contributed by atoms with Gasteiger partial charge in [0.05, 0.1) is 6.61 Å². The van der Waals surface area contributed by atoms with Crippen LogP contribution in [0, 0.1) is 0 Å². The highest BCUT2D eigenvalue weighted by atomic mass is 16.6. The Kier molecular flexibility index (Phi) is 3.72. The molecule has 2 rings (SSSR count). The van der Waals surface area contributed by atoms with Crippen LogP contribution in [-0.2, 0) is 16.1 Å². The largest absolute Gasteiger partial charge is 0.368 e. The van der Waals surface area contributed by atoms with Crippen molar-refractivity contribution in [3.63, 3.8) is 0 Å². The number of ether oxygens (including phenoxy) is 2. The quantitative estimate of drug-likeness (QED) is 0.821. The van der Waals surface area contributed by atoms with Gasteiger partial charge in [-0.3, -0.25) is 0 Å². The topological polar surface area (TPSA) is 38.7 Å². The highest BCUT2D eigenvalue weighted by molar-refractivity contribution is 5.13. The van der Waals surface area contributed by atoms with E-state index in [1.807, 2.05) is 30.3 Å². The molecule has 1 aliphatic heterocycles. The Morgan fingerprint density at radius 3 is 2.87 bits per heavy atom. The average Bonchev–Trinajstić information content (AvgIpc) is 2.29. The Bertz CT molecular complexity index is 286. The first kappa shape index (κ1) is 10.6. The molecule has 1 heterocycles. The average molecular weight is 208 g/mol. The number of rotatable bonds is 3. The zero-order chi connectivity index (χ0) is 10.5. The minimum Gasteiger partial charge on any atom is -0.368 e. The summed E-state index contributed by atoms with van der Waals surface area (Å²) in [4.78, 5) is 0. The molecule has 15 heavy (non-hydrogen) atoms. The molecule has 0 bridgehead atoms. The van der Waals surface area contributed by atoms with Gasteiger partial charge in [0, 0.05) is 6.61 Å². The fourth-order valence-electron chi connectivity index (χ4n) is 1.68. The maximum Gasteiger partial charge on any atom is 0.181 e.